The van der Waals surface area contributed by atoms with Crippen molar-refractivity contribution < 1.29 is 31.5 Å². The molecule has 8 heteroatoms. The van der Waals surface area contributed by atoms with Crippen LogP contribution in [0.3, 0.4) is 0 Å². The third-order valence-corrected chi connectivity index (χ3v) is 5.83. The van der Waals surface area contributed by atoms with Gasteiger partial charge in [0.25, 0.3) is 0 Å². The smallest absolute Gasteiger partial charge is 0.410 e. The predicted octanol–water partition coefficient (Wildman–Crippen LogP) is 6.22. The highest BCUT2D eigenvalue weighted by molar-refractivity contribution is 5.70. The summed E-state index contributed by atoms with van der Waals surface area (Å²) in [5, 5.41) is 0. The lowest BCUT2D eigenvalue weighted by Gasteiger charge is -2.37. The molecule has 1 aromatic rings. The predicted molar refractivity (Wildman–Crippen MR) is 101 cm³/mol. The molecular weight excluding hydrogens is 405 g/mol. The van der Waals surface area contributed by atoms with Crippen molar-refractivity contribution in [1.29, 1.82) is 0 Å². The molecule has 2 fully saturated rings. The number of amides is 1. The first-order valence-electron chi connectivity index (χ1n) is 10.1. The third-order valence-electron chi connectivity index (χ3n) is 5.83. The molecule has 2 atom stereocenters. The molecule has 1 heterocycles. The van der Waals surface area contributed by atoms with Crippen LogP contribution in [0.15, 0.2) is 12.2 Å². The Labute approximate surface area is 172 Å². The molecule has 2 aliphatic rings. The monoisotopic (exact) mass is 431 g/mol. The van der Waals surface area contributed by atoms with E-state index in [2.05, 4.69) is 6.58 Å². The average molecular weight is 431 g/mol. The summed E-state index contributed by atoms with van der Waals surface area (Å²) in [5.74, 6) is -11.3. The van der Waals surface area contributed by atoms with Crippen molar-refractivity contribution in [2.45, 2.75) is 70.4 Å². The van der Waals surface area contributed by atoms with Crippen LogP contribution in [0.2, 0.25) is 0 Å². The molecule has 166 valence electrons. The molecule has 0 radical (unpaired) electrons. The van der Waals surface area contributed by atoms with Crippen LogP contribution < -0.4 is 0 Å². The van der Waals surface area contributed by atoms with E-state index in [1.807, 2.05) is 0 Å². The molecule has 0 aromatic heterocycles. The number of likely N-dealkylation sites (tertiary alicyclic amines) is 1. The molecule has 3 nitrogen and oxygen atoms in total. The largest absolute Gasteiger partial charge is 0.444 e. The van der Waals surface area contributed by atoms with E-state index >= 15 is 0 Å². The van der Waals surface area contributed by atoms with E-state index in [4.69, 9.17) is 4.74 Å². The number of hydrogen-bond acceptors (Lipinski definition) is 2. The van der Waals surface area contributed by atoms with Gasteiger partial charge < -0.3 is 4.74 Å². The van der Waals surface area contributed by atoms with Gasteiger partial charge in [0.1, 0.15) is 5.60 Å². The Kier molecular flexibility index (Phi) is 6.16. The summed E-state index contributed by atoms with van der Waals surface area (Å²) in [6.07, 6.45) is 3.39. The Balaban J connectivity index is 2.11. The lowest BCUT2D eigenvalue weighted by Crippen LogP contribution is -2.45. The fourth-order valence-electron chi connectivity index (χ4n) is 4.62. The quantitative estimate of drug-likeness (QED) is 0.241. The molecule has 0 unspecified atom stereocenters. The maximum atomic E-state index is 14.7. The first-order chi connectivity index (χ1) is 13.9. The summed E-state index contributed by atoms with van der Waals surface area (Å²) in [6.45, 7) is 8.82. The van der Waals surface area contributed by atoms with Gasteiger partial charge in [-0.25, -0.2) is 26.7 Å². The van der Waals surface area contributed by atoms with E-state index < -0.39 is 58.3 Å². The fraction of sp³-hybridized carbons (Fsp3) is 0.591. The van der Waals surface area contributed by atoms with E-state index in [0.717, 1.165) is 19.3 Å². The summed E-state index contributed by atoms with van der Waals surface area (Å²) in [4.78, 5) is 14.2. The maximum Gasteiger partial charge on any atom is 0.410 e. The highest BCUT2D eigenvalue weighted by Gasteiger charge is 2.49. The Morgan fingerprint density at radius 1 is 0.933 bits per heavy atom. The van der Waals surface area contributed by atoms with Gasteiger partial charge in [-0.05, 0) is 45.1 Å². The summed E-state index contributed by atoms with van der Waals surface area (Å²) < 4.78 is 76.3. The van der Waals surface area contributed by atoms with Crippen LogP contribution in [0.5, 0.6) is 0 Å². The summed E-state index contributed by atoms with van der Waals surface area (Å²) in [5.41, 5.74) is -1.50. The van der Waals surface area contributed by atoms with Crippen molar-refractivity contribution in [2.24, 2.45) is 5.92 Å². The van der Waals surface area contributed by atoms with Gasteiger partial charge in [0.2, 0.25) is 5.82 Å². The van der Waals surface area contributed by atoms with Crippen molar-refractivity contribution in [1.82, 2.24) is 4.90 Å². The molecule has 30 heavy (non-hydrogen) atoms. The van der Waals surface area contributed by atoms with Crippen molar-refractivity contribution >= 4 is 6.09 Å². The standard InChI is InChI=1S/C22H26F5NO2/c1-11-10-28(21(29)30-22(2,3)4)20(12-8-6-5-7-9-12)13(11)14-15(23)17(25)19(27)18(26)16(14)24/h12-13,20H,1,5-10H2,2-4H3/t13-,20+/m1/s1. The van der Waals surface area contributed by atoms with Crippen molar-refractivity contribution in [3.63, 3.8) is 0 Å². The number of halogens is 5. The average Bonchev–Trinajstić information content (AvgIpc) is 3.02. The lowest BCUT2D eigenvalue weighted by atomic mass is 9.75. The number of benzene rings is 1. The molecule has 1 aromatic carbocycles. The topological polar surface area (TPSA) is 29.5 Å². The van der Waals surface area contributed by atoms with Crippen LogP contribution in [-0.4, -0.2) is 29.2 Å². The third kappa shape index (κ3) is 4.05. The summed E-state index contributed by atoms with van der Waals surface area (Å²) in [6, 6.07) is -0.791. The molecule has 1 saturated carbocycles. The van der Waals surface area contributed by atoms with Crippen LogP contribution >= 0.6 is 0 Å². The van der Waals surface area contributed by atoms with E-state index in [1.165, 1.54) is 4.90 Å². The second kappa shape index (κ2) is 8.19. The fourth-order valence-corrected chi connectivity index (χ4v) is 4.62. The molecule has 0 N–H and O–H groups in total. The van der Waals surface area contributed by atoms with Crippen LogP contribution in [0, 0.1) is 35.0 Å². The normalized spacial score (nSPS) is 23.2. The maximum absolute atomic E-state index is 14.7. The minimum Gasteiger partial charge on any atom is -0.444 e. The van der Waals surface area contributed by atoms with Crippen LogP contribution in [0.1, 0.15) is 64.4 Å². The number of carbonyl (C=O) groups is 1. The molecular formula is C22H26F5NO2. The van der Waals surface area contributed by atoms with Gasteiger partial charge in [-0.1, -0.05) is 25.8 Å². The minimum atomic E-state index is -2.20. The highest BCUT2D eigenvalue weighted by Crippen LogP contribution is 2.47. The Bertz CT molecular complexity index is 829. The zero-order valence-electron chi connectivity index (χ0n) is 17.3. The summed E-state index contributed by atoms with van der Waals surface area (Å²) >= 11 is 0. The second-order valence-corrected chi connectivity index (χ2v) is 9.12. The molecule has 1 amide bonds. The van der Waals surface area contributed by atoms with Gasteiger partial charge in [0.05, 0.1) is 0 Å². The highest BCUT2D eigenvalue weighted by atomic mass is 19.2. The SMILES string of the molecule is C=C1CN(C(=O)OC(C)(C)C)[C@@H](C2CCCCC2)[C@H]1c1c(F)c(F)c(F)c(F)c1F. The van der Waals surface area contributed by atoms with Gasteiger partial charge in [-0.2, -0.15) is 0 Å². The number of nitrogens with zero attached hydrogens (tertiary/aromatic N) is 1. The number of ether oxygens (including phenoxy) is 1. The molecule has 0 spiro atoms. The van der Waals surface area contributed by atoms with Gasteiger partial charge in [0.15, 0.2) is 23.3 Å². The lowest BCUT2D eigenvalue weighted by molar-refractivity contribution is 0.0143. The van der Waals surface area contributed by atoms with Gasteiger partial charge in [0, 0.05) is 24.1 Å². The second-order valence-electron chi connectivity index (χ2n) is 9.12. The van der Waals surface area contributed by atoms with Crippen molar-refractivity contribution in [3.05, 3.63) is 46.8 Å². The molecule has 0 bridgehead atoms. The van der Waals surface area contributed by atoms with E-state index in [9.17, 15) is 26.7 Å². The first kappa shape index (κ1) is 22.6. The Morgan fingerprint density at radius 2 is 1.43 bits per heavy atom. The zero-order valence-corrected chi connectivity index (χ0v) is 17.3. The van der Waals surface area contributed by atoms with Crippen molar-refractivity contribution in [3.8, 4) is 0 Å². The first-order valence-corrected chi connectivity index (χ1v) is 10.1. The van der Waals surface area contributed by atoms with Gasteiger partial charge >= 0.3 is 6.09 Å². The number of carbonyl (C=O) groups excluding carboxylic acids is 1. The molecule has 1 aliphatic heterocycles. The van der Waals surface area contributed by atoms with Gasteiger partial charge in [-0.3, -0.25) is 4.90 Å². The molecule has 1 aliphatic carbocycles. The Hall–Kier alpha value is -2.12. The van der Waals surface area contributed by atoms with Crippen LogP contribution in [-0.2, 0) is 4.74 Å². The van der Waals surface area contributed by atoms with E-state index in [1.54, 1.807) is 20.8 Å². The number of hydrogen-bond donors (Lipinski definition) is 0. The zero-order chi connectivity index (χ0) is 22.4. The Morgan fingerprint density at radius 3 is 1.93 bits per heavy atom. The van der Waals surface area contributed by atoms with E-state index in [0.29, 0.717) is 12.8 Å². The van der Waals surface area contributed by atoms with Crippen molar-refractivity contribution in [2.75, 3.05) is 6.54 Å². The van der Waals surface area contributed by atoms with Crippen LogP contribution in [0.4, 0.5) is 26.7 Å². The molecule has 1 saturated heterocycles. The minimum absolute atomic E-state index is 0.0692. The summed E-state index contributed by atoms with van der Waals surface area (Å²) in [7, 11) is 0. The van der Waals surface area contributed by atoms with Gasteiger partial charge in [-0.15, -0.1) is 0 Å². The van der Waals surface area contributed by atoms with Crippen LogP contribution in [0.25, 0.3) is 0 Å². The number of rotatable bonds is 2. The van der Waals surface area contributed by atoms with E-state index in [-0.39, 0.29) is 18.0 Å². The molecule has 3 rings (SSSR count).